The number of hydrogen-bond acceptors (Lipinski definition) is 3. The minimum atomic E-state index is -0.261. The van der Waals surface area contributed by atoms with Crippen LogP contribution in [0, 0.1) is 0 Å². The van der Waals surface area contributed by atoms with E-state index in [0.29, 0.717) is 12.2 Å². The van der Waals surface area contributed by atoms with Crippen molar-refractivity contribution >= 4 is 17.2 Å². The second-order valence-electron chi connectivity index (χ2n) is 5.13. The average Bonchev–Trinajstić information content (AvgIpc) is 3.02. The van der Waals surface area contributed by atoms with Gasteiger partial charge >= 0.3 is 5.97 Å². The van der Waals surface area contributed by atoms with Crippen molar-refractivity contribution in [3.63, 3.8) is 0 Å². The van der Waals surface area contributed by atoms with Crippen LogP contribution < -0.4 is 0 Å². The van der Waals surface area contributed by atoms with Crippen LogP contribution in [0.25, 0.3) is 11.3 Å². The summed E-state index contributed by atoms with van der Waals surface area (Å²) < 4.78 is 7.13. The number of ether oxygens (including phenoxy) is 1. The van der Waals surface area contributed by atoms with Crippen molar-refractivity contribution in [2.75, 3.05) is 6.61 Å². The smallest absolute Gasteiger partial charge is 0.338 e. The molecule has 2 aromatic rings. The Kier molecular flexibility index (Phi) is 3.60. The van der Waals surface area contributed by atoms with Crippen molar-refractivity contribution in [1.82, 2.24) is 9.55 Å². The molecule has 0 saturated heterocycles. The SMILES string of the molecule is CCOC(=O)c1ccc2c(c1)C(C)=C(n1ccnc1)CC2. The highest BCUT2D eigenvalue weighted by atomic mass is 16.5. The quantitative estimate of drug-likeness (QED) is 0.810. The van der Waals surface area contributed by atoms with E-state index < -0.39 is 0 Å². The zero-order valence-corrected chi connectivity index (χ0v) is 12.3. The van der Waals surface area contributed by atoms with Crippen LogP contribution in [0.15, 0.2) is 36.9 Å². The number of carbonyl (C=O) groups is 1. The number of nitrogens with zero attached hydrogens (tertiary/aromatic N) is 2. The van der Waals surface area contributed by atoms with E-state index in [-0.39, 0.29) is 5.97 Å². The summed E-state index contributed by atoms with van der Waals surface area (Å²) in [5, 5.41) is 0. The van der Waals surface area contributed by atoms with Crippen LogP contribution in [0.1, 0.15) is 41.8 Å². The van der Waals surface area contributed by atoms with Crippen LogP contribution >= 0.6 is 0 Å². The van der Waals surface area contributed by atoms with Crippen LogP contribution in [-0.2, 0) is 11.2 Å². The van der Waals surface area contributed by atoms with Crippen molar-refractivity contribution in [3.05, 3.63) is 53.6 Å². The van der Waals surface area contributed by atoms with Crippen molar-refractivity contribution in [1.29, 1.82) is 0 Å². The molecule has 21 heavy (non-hydrogen) atoms. The summed E-state index contributed by atoms with van der Waals surface area (Å²) in [6, 6.07) is 5.83. The molecule has 0 radical (unpaired) electrons. The minimum absolute atomic E-state index is 0.261. The third-order valence-electron chi connectivity index (χ3n) is 3.91. The first-order valence-corrected chi connectivity index (χ1v) is 7.19. The monoisotopic (exact) mass is 282 g/mol. The van der Waals surface area contributed by atoms with Gasteiger partial charge in [-0.3, -0.25) is 0 Å². The van der Waals surface area contributed by atoms with Crippen LogP contribution in [0.2, 0.25) is 0 Å². The number of imidazole rings is 1. The molecular weight excluding hydrogens is 264 g/mol. The van der Waals surface area contributed by atoms with Crippen molar-refractivity contribution in [3.8, 4) is 0 Å². The lowest BCUT2D eigenvalue weighted by molar-refractivity contribution is 0.0526. The molecule has 0 unspecified atom stereocenters. The predicted molar refractivity (Wildman–Crippen MR) is 81.7 cm³/mol. The zero-order valence-electron chi connectivity index (χ0n) is 12.3. The average molecular weight is 282 g/mol. The molecule has 4 heteroatoms. The van der Waals surface area contributed by atoms with Gasteiger partial charge in [0.05, 0.1) is 18.5 Å². The molecule has 0 amide bonds. The molecule has 4 nitrogen and oxygen atoms in total. The van der Waals surface area contributed by atoms with Crippen molar-refractivity contribution in [2.45, 2.75) is 26.7 Å². The summed E-state index contributed by atoms with van der Waals surface area (Å²) in [6.07, 6.45) is 7.51. The van der Waals surface area contributed by atoms with E-state index in [1.807, 2.05) is 37.6 Å². The number of benzene rings is 1. The summed E-state index contributed by atoms with van der Waals surface area (Å²) >= 11 is 0. The minimum Gasteiger partial charge on any atom is -0.462 e. The predicted octanol–water partition coefficient (Wildman–Crippen LogP) is 3.39. The molecule has 1 heterocycles. The Morgan fingerprint density at radius 3 is 2.95 bits per heavy atom. The van der Waals surface area contributed by atoms with Crippen LogP contribution in [0.5, 0.6) is 0 Å². The van der Waals surface area contributed by atoms with Gasteiger partial charge in [0.25, 0.3) is 0 Å². The summed E-state index contributed by atoms with van der Waals surface area (Å²) in [4.78, 5) is 16.0. The lowest BCUT2D eigenvalue weighted by atomic mass is 9.88. The van der Waals surface area contributed by atoms with E-state index in [4.69, 9.17) is 4.74 Å². The van der Waals surface area contributed by atoms with Gasteiger partial charge in [-0.25, -0.2) is 9.78 Å². The largest absolute Gasteiger partial charge is 0.462 e. The van der Waals surface area contributed by atoms with Gasteiger partial charge in [0, 0.05) is 18.1 Å². The van der Waals surface area contributed by atoms with Gasteiger partial charge in [-0.15, -0.1) is 0 Å². The molecule has 0 spiro atoms. The number of fused-ring (bicyclic) bond motifs is 1. The second-order valence-corrected chi connectivity index (χ2v) is 5.13. The van der Waals surface area contributed by atoms with Crippen LogP contribution in [-0.4, -0.2) is 22.1 Å². The standard InChI is InChI=1S/C17H18N2O2/c1-3-21-17(20)14-5-4-13-6-7-16(12(2)15(13)10-14)19-9-8-18-11-19/h4-5,8-11H,3,6-7H2,1-2H3. The van der Waals surface area contributed by atoms with Crippen molar-refractivity contribution < 1.29 is 9.53 Å². The fraction of sp³-hybridized carbons (Fsp3) is 0.294. The molecule has 1 aliphatic rings. The van der Waals surface area contributed by atoms with E-state index >= 15 is 0 Å². The Bertz CT molecular complexity index is 700. The summed E-state index contributed by atoms with van der Waals surface area (Å²) in [5.41, 5.74) is 5.46. The number of rotatable bonds is 3. The van der Waals surface area contributed by atoms with Gasteiger partial charge in [-0.2, -0.15) is 0 Å². The van der Waals surface area contributed by atoms with Gasteiger partial charge in [-0.1, -0.05) is 6.07 Å². The molecule has 1 aromatic heterocycles. The molecule has 3 rings (SSSR count). The molecular formula is C17H18N2O2. The topological polar surface area (TPSA) is 44.1 Å². The Morgan fingerprint density at radius 2 is 2.24 bits per heavy atom. The number of aromatic nitrogens is 2. The molecule has 0 bridgehead atoms. The van der Waals surface area contributed by atoms with Gasteiger partial charge in [0.15, 0.2) is 0 Å². The fourth-order valence-electron chi connectivity index (χ4n) is 2.82. The molecule has 1 aliphatic carbocycles. The summed E-state index contributed by atoms with van der Waals surface area (Å²) in [7, 11) is 0. The number of aryl methyl sites for hydroxylation is 1. The maximum Gasteiger partial charge on any atom is 0.338 e. The molecule has 1 aromatic carbocycles. The third kappa shape index (κ3) is 2.49. The lowest BCUT2D eigenvalue weighted by Gasteiger charge is -2.22. The number of hydrogen-bond donors (Lipinski definition) is 0. The number of allylic oxidation sites excluding steroid dienone is 2. The lowest BCUT2D eigenvalue weighted by Crippen LogP contribution is -2.10. The van der Waals surface area contributed by atoms with E-state index in [1.54, 1.807) is 6.20 Å². The third-order valence-corrected chi connectivity index (χ3v) is 3.91. The first-order chi connectivity index (χ1) is 10.2. The Balaban J connectivity index is 2.04. The Morgan fingerprint density at radius 1 is 1.38 bits per heavy atom. The van der Waals surface area contributed by atoms with E-state index in [2.05, 4.69) is 16.5 Å². The van der Waals surface area contributed by atoms with Gasteiger partial charge in [-0.05, 0) is 55.5 Å². The van der Waals surface area contributed by atoms with E-state index in [1.165, 1.54) is 16.8 Å². The molecule has 0 fully saturated rings. The maximum atomic E-state index is 11.9. The van der Waals surface area contributed by atoms with Crippen LogP contribution in [0.4, 0.5) is 0 Å². The summed E-state index contributed by atoms with van der Waals surface area (Å²) in [6.45, 7) is 4.31. The van der Waals surface area contributed by atoms with Gasteiger partial charge in [0.1, 0.15) is 0 Å². The fourth-order valence-corrected chi connectivity index (χ4v) is 2.82. The molecule has 108 valence electrons. The first-order valence-electron chi connectivity index (χ1n) is 7.19. The highest BCUT2D eigenvalue weighted by Crippen LogP contribution is 2.34. The molecule has 0 aliphatic heterocycles. The number of esters is 1. The zero-order chi connectivity index (χ0) is 14.8. The first kappa shape index (κ1) is 13.6. The highest BCUT2D eigenvalue weighted by Gasteiger charge is 2.19. The molecule has 0 atom stereocenters. The molecule has 0 N–H and O–H groups in total. The normalized spacial score (nSPS) is 14.0. The van der Waals surface area contributed by atoms with Gasteiger partial charge < -0.3 is 9.30 Å². The number of carbonyl (C=O) groups excluding carboxylic acids is 1. The van der Waals surface area contributed by atoms with E-state index in [9.17, 15) is 4.79 Å². The Hall–Kier alpha value is -2.36. The molecule has 0 saturated carbocycles. The summed E-state index contributed by atoms with van der Waals surface area (Å²) in [5.74, 6) is -0.261. The second kappa shape index (κ2) is 5.56. The highest BCUT2D eigenvalue weighted by molar-refractivity contribution is 5.93. The van der Waals surface area contributed by atoms with Crippen molar-refractivity contribution in [2.24, 2.45) is 0 Å². The maximum absolute atomic E-state index is 11.9. The van der Waals surface area contributed by atoms with Gasteiger partial charge in [0.2, 0.25) is 0 Å². The Labute approximate surface area is 124 Å². The van der Waals surface area contributed by atoms with Crippen LogP contribution in [0.3, 0.4) is 0 Å². The van der Waals surface area contributed by atoms with E-state index in [0.717, 1.165) is 18.4 Å².